The van der Waals surface area contributed by atoms with Crippen molar-refractivity contribution in [3.63, 3.8) is 0 Å². The van der Waals surface area contributed by atoms with E-state index >= 15 is 0 Å². The second-order valence-electron chi connectivity index (χ2n) is 5.25. The number of nitrogens with one attached hydrogen (secondary N) is 1. The molecule has 0 heterocycles. The molecule has 0 aliphatic rings. The number of rotatable bonds is 4. The van der Waals surface area contributed by atoms with Crippen LogP contribution < -0.4 is 5.32 Å². The molecule has 1 nitrogen and oxygen atoms in total. The van der Waals surface area contributed by atoms with Gasteiger partial charge in [0.25, 0.3) is 0 Å². The molecule has 0 aliphatic carbocycles. The molecule has 0 spiro atoms. The van der Waals surface area contributed by atoms with E-state index in [1.807, 2.05) is 19.9 Å². The minimum atomic E-state index is -0.270. The van der Waals surface area contributed by atoms with Crippen LogP contribution in [0.5, 0.6) is 0 Å². The van der Waals surface area contributed by atoms with Gasteiger partial charge in [-0.15, -0.1) is 0 Å². The van der Waals surface area contributed by atoms with Gasteiger partial charge in [-0.2, -0.15) is 0 Å². The third-order valence-corrected chi connectivity index (χ3v) is 3.33. The van der Waals surface area contributed by atoms with Crippen molar-refractivity contribution in [3.8, 4) is 11.1 Å². The molecule has 0 saturated carbocycles. The SMILES string of the molecule is Cc1c(F)cccc1-c1ccc(CNC(C)C)c(F)c1. The van der Waals surface area contributed by atoms with Crippen LogP contribution in [0.25, 0.3) is 11.1 Å². The second kappa shape index (κ2) is 6.14. The van der Waals surface area contributed by atoms with Gasteiger partial charge in [0, 0.05) is 18.2 Å². The predicted octanol–water partition coefficient (Wildman–Crippen LogP) is 4.44. The van der Waals surface area contributed by atoms with Crippen molar-refractivity contribution in [2.75, 3.05) is 0 Å². The van der Waals surface area contributed by atoms with Crippen molar-refractivity contribution in [2.45, 2.75) is 33.4 Å². The van der Waals surface area contributed by atoms with E-state index in [-0.39, 0.29) is 11.6 Å². The quantitative estimate of drug-likeness (QED) is 0.870. The highest BCUT2D eigenvalue weighted by molar-refractivity contribution is 5.67. The lowest BCUT2D eigenvalue weighted by atomic mass is 9.99. The zero-order valence-corrected chi connectivity index (χ0v) is 12.0. The normalized spacial score (nSPS) is 11.1. The van der Waals surface area contributed by atoms with Crippen LogP contribution in [0.4, 0.5) is 8.78 Å². The molecule has 0 unspecified atom stereocenters. The second-order valence-corrected chi connectivity index (χ2v) is 5.25. The maximum absolute atomic E-state index is 14.1. The van der Waals surface area contributed by atoms with E-state index in [1.165, 1.54) is 12.1 Å². The highest BCUT2D eigenvalue weighted by Crippen LogP contribution is 2.26. The Bertz CT molecular complexity index is 606. The molecular formula is C17H19F2N. The Hall–Kier alpha value is -1.74. The molecule has 0 radical (unpaired) electrons. The van der Waals surface area contributed by atoms with Crippen LogP contribution in [0.2, 0.25) is 0 Å². The van der Waals surface area contributed by atoms with E-state index in [2.05, 4.69) is 5.32 Å². The van der Waals surface area contributed by atoms with E-state index in [4.69, 9.17) is 0 Å². The molecule has 0 bridgehead atoms. The lowest BCUT2D eigenvalue weighted by molar-refractivity contribution is 0.553. The van der Waals surface area contributed by atoms with E-state index < -0.39 is 0 Å². The van der Waals surface area contributed by atoms with Crippen molar-refractivity contribution in [2.24, 2.45) is 0 Å². The molecule has 2 aromatic carbocycles. The molecule has 0 atom stereocenters. The molecule has 0 aliphatic heterocycles. The van der Waals surface area contributed by atoms with Gasteiger partial charge in [0.2, 0.25) is 0 Å². The Kier molecular flexibility index (Phi) is 4.50. The first-order valence-electron chi connectivity index (χ1n) is 6.76. The van der Waals surface area contributed by atoms with Gasteiger partial charge >= 0.3 is 0 Å². The Morgan fingerprint density at radius 3 is 2.45 bits per heavy atom. The lowest BCUT2D eigenvalue weighted by Crippen LogP contribution is -2.22. The smallest absolute Gasteiger partial charge is 0.128 e. The third kappa shape index (κ3) is 3.23. The van der Waals surface area contributed by atoms with Gasteiger partial charge in [-0.1, -0.05) is 38.1 Å². The first-order chi connectivity index (χ1) is 9.49. The molecule has 20 heavy (non-hydrogen) atoms. The van der Waals surface area contributed by atoms with E-state index in [0.717, 1.165) is 5.56 Å². The summed E-state index contributed by atoms with van der Waals surface area (Å²) in [6.45, 7) is 6.23. The lowest BCUT2D eigenvalue weighted by Gasteiger charge is -2.11. The van der Waals surface area contributed by atoms with Gasteiger partial charge in [0.15, 0.2) is 0 Å². The first kappa shape index (κ1) is 14.7. The highest BCUT2D eigenvalue weighted by atomic mass is 19.1. The van der Waals surface area contributed by atoms with Gasteiger partial charge in [-0.05, 0) is 35.7 Å². The van der Waals surface area contributed by atoms with Crippen molar-refractivity contribution < 1.29 is 8.78 Å². The van der Waals surface area contributed by atoms with Gasteiger partial charge in [0.1, 0.15) is 11.6 Å². The molecule has 0 fully saturated rings. The third-order valence-electron chi connectivity index (χ3n) is 3.33. The molecule has 106 valence electrons. The number of halogens is 2. The van der Waals surface area contributed by atoms with Crippen molar-refractivity contribution in [3.05, 3.63) is 59.2 Å². The molecule has 0 saturated heterocycles. The topological polar surface area (TPSA) is 12.0 Å². The fourth-order valence-electron chi connectivity index (χ4n) is 2.09. The molecule has 2 rings (SSSR count). The summed E-state index contributed by atoms with van der Waals surface area (Å²) in [7, 11) is 0. The number of hydrogen-bond acceptors (Lipinski definition) is 1. The Labute approximate surface area is 118 Å². The van der Waals surface area contributed by atoms with Gasteiger partial charge in [-0.25, -0.2) is 8.78 Å². The number of benzene rings is 2. The van der Waals surface area contributed by atoms with Crippen LogP contribution in [0.15, 0.2) is 36.4 Å². The standard InChI is InChI=1S/C17H19F2N/c1-11(2)20-10-14-8-7-13(9-17(14)19)15-5-4-6-16(18)12(15)3/h4-9,11,20H,10H2,1-3H3. The average molecular weight is 275 g/mol. The zero-order valence-electron chi connectivity index (χ0n) is 12.0. The molecule has 3 heteroatoms. The summed E-state index contributed by atoms with van der Waals surface area (Å²) in [5, 5.41) is 3.18. The minimum absolute atomic E-state index is 0.265. The summed E-state index contributed by atoms with van der Waals surface area (Å²) in [6, 6.07) is 10.2. The summed E-state index contributed by atoms with van der Waals surface area (Å²) in [5.41, 5.74) is 2.59. The number of hydrogen-bond donors (Lipinski definition) is 1. The predicted molar refractivity (Wildman–Crippen MR) is 78.5 cm³/mol. The van der Waals surface area contributed by atoms with Gasteiger partial charge < -0.3 is 5.32 Å². The first-order valence-corrected chi connectivity index (χ1v) is 6.76. The monoisotopic (exact) mass is 275 g/mol. The van der Waals surface area contributed by atoms with Crippen molar-refractivity contribution >= 4 is 0 Å². The maximum Gasteiger partial charge on any atom is 0.128 e. The molecule has 0 aromatic heterocycles. The van der Waals surface area contributed by atoms with Crippen LogP contribution in [-0.2, 0) is 6.54 Å². The van der Waals surface area contributed by atoms with Crippen LogP contribution in [-0.4, -0.2) is 6.04 Å². The minimum Gasteiger partial charge on any atom is -0.310 e. The highest BCUT2D eigenvalue weighted by Gasteiger charge is 2.09. The fraction of sp³-hybridized carbons (Fsp3) is 0.294. The van der Waals surface area contributed by atoms with Crippen LogP contribution >= 0.6 is 0 Å². The molecule has 1 N–H and O–H groups in total. The van der Waals surface area contributed by atoms with E-state index in [9.17, 15) is 8.78 Å². The maximum atomic E-state index is 14.1. The Morgan fingerprint density at radius 2 is 1.80 bits per heavy atom. The summed E-state index contributed by atoms with van der Waals surface area (Å²) in [6.07, 6.45) is 0. The van der Waals surface area contributed by atoms with Crippen LogP contribution in [0.3, 0.4) is 0 Å². The van der Waals surface area contributed by atoms with Gasteiger partial charge in [0.05, 0.1) is 0 Å². The summed E-state index contributed by atoms with van der Waals surface area (Å²) >= 11 is 0. The van der Waals surface area contributed by atoms with E-state index in [0.29, 0.717) is 29.3 Å². The summed E-state index contributed by atoms with van der Waals surface area (Å²) in [4.78, 5) is 0. The molecule has 0 amide bonds. The fourth-order valence-corrected chi connectivity index (χ4v) is 2.09. The van der Waals surface area contributed by atoms with E-state index in [1.54, 1.807) is 25.1 Å². The van der Waals surface area contributed by atoms with Crippen LogP contribution in [0, 0.1) is 18.6 Å². The summed E-state index contributed by atoms with van der Waals surface area (Å²) < 4.78 is 27.6. The van der Waals surface area contributed by atoms with Crippen molar-refractivity contribution in [1.82, 2.24) is 5.32 Å². The Morgan fingerprint density at radius 1 is 1.05 bits per heavy atom. The Balaban J connectivity index is 2.31. The van der Waals surface area contributed by atoms with Crippen molar-refractivity contribution in [1.29, 1.82) is 0 Å². The van der Waals surface area contributed by atoms with Crippen LogP contribution in [0.1, 0.15) is 25.0 Å². The molecule has 2 aromatic rings. The summed E-state index contributed by atoms with van der Waals surface area (Å²) in [5.74, 6) is -0.534. The zero-order chi connectivity index (χ0) is 14.7. The van der Waals surface area contributed by atoms with Gasteiger partial charge in [-0.3, -0.25) is 0 Å². The largest absolute Gasteiger partial charge is 0.310 e. The average Bonchev–Trinajstić information content (AvgIpc) is 2.40. The molecular weight excluding hydrogens is 256 g/mol.